The molecule has 1 N–H and O–H groups in total. The van der Waals surface area contributed by atoms with Gasteiger partial charge in [0.25, 0.3) is 11.7 Å². The standard InChI is InChI=1S/C25H29ClN2O5/c1-5-33-20-12-9-17(15-19(20)26)23(29)21-22(16-7-10-18(32-4)11-8-16)28(25(31)24(21)30)14-6-13-27(2)3/h7-12,15,22,29H,5-6,13-14H2,1-4H3/b23-21-. The van der Waals surface area contributed by atoms with Gasteiger partial charge >= 0.3 is 0 Å². The Balaban J connectivity index is 2.08. The Morgan fingerprint density at radius 3 is 2.42 bits per heavy atom. The number of carbonyl (C=O) groups excluding carboxylic acids is 2. The summed E-state index contributed by atoms with van der Waals surface area (Å²) in [6.45, 7) is 3.42. The van der Waals surface area contributed by atoms with Gasteiger partial charge in [-0.25, -0.2) is 0 Å². The Hall–Kier alpha value is -3.03. The Kier molecular flexibility index (Phi) is 8.00. The highest BCUT2D eigenvalue weighted by atomic mass is 35.5. The Labute approximate surface area is 199 Å². The van der Waals surface area contributed by atoms with Crippen molar-refractivity contribution in [2.45, 2.75) is 19.4 Å². The predicted octanol–water partition coefficient (Wildman–Crippen LogP) is 4.12. The van der Waals surface area contributed by atoms with Crippen LogP contribution < -0.4 is 9.47 Å². The monoisotopic (exact) mass is 472 g/mol. The Morgan fingerprint density at radius 2 is 1.85 bits per heavy atom. The number of hydrogen-bond acceptors (Lipinski definition) is 6. The topological polar surface area (TPSA) is 79.3 Å². The van der Waals surface area contributed by atoms with Gasteiger partial charge in [-0.2, -0.15) is 0 Å². The minimum absolute atomic E-state index is 0.0373. The molecule has 3 rings (SSSR count). The molecule has 0 aromatic heterocycles. The maximum absolute atomic E-state index is 13.1. The second-order valence-corrected chi connectivity index (χ2v) is 8.41. The van der Waals surface area contributed by atoms with Crippen LogP contribution in [0, 0.1) is 0 Å². The summed E-state index contributed by atoms with van der Waals surface area (Å²) in [5, 5.41) is 11.5. The molecule has 1 amide bonds. The number of hydrogen-bond donors (Lipinski definition) is 1. The van der Waals surface area contributed by atoms with Crippen LogP contribution in [0.4, 0.5) is 0 Å². The fourth-order valence-electron chi connectivity index (χ4n) is 3.88. The minimum atomic E-state index is -0.719. The average molecular weight is 473 g/mol. The number of halogens is 1. The summed E-state index contributed by atoms with van der Waals surface area (Å²) in [7, 11) is 5.47. The highest BCUT2D eigenvalue weighted by Crippen LogP contribution is 2.40. The van der Waals surface area contributed by atoms with Crippen molar-refractivity contribution >= 4 is 29.1 Å². The van der Waals surface area contributed by atoms with E-state index in [0.29, 0.717) is 47.2 Å². The van der Waals surface area contributed by atoms with Gasteiger partial charge in [-0.15, -0.1) is 0 Å². The number of Topliss-reactive ketones (excluding diaryl/α,β-unsaturated/α-hetero) is 1. The molecule has 0 aliphatic carbocycles. The largest absolute Gasteiger partial charge is 0.507 e. The zero-order valence-corrected chi connectivity index (χ0v) is 20.1. The van der Waals surface area contributed by atoms with E-state index in [1.54, 1.807) is 43.5 Å². The van der Waals surface area contributed by atoms with Crippen LogP contribution in [-0.4, -0.2) is 67.5 Å². The lowest BCUT2D eigenvalue weighted by atomic mass is 9.95. The van der Waals surface area contributed by atoms with E-state index < -0.39 is 17.7 Å². The van der Waals surface area contributed by atoms with Crippen LogP contribution in [0.3, 0.4) is 0 Å². The highest BCUT2D eigenvalue weighted by Gasteiger charge is 2.45. The molecule has 1 fully saturated rings. The van der Waals surface area contributed by atoms with Crippen LogP contribution in [-0.2, 0) is 9.59 Å². The number of benzene rings is 2. The molecule has 176 valence electrons. The normalized spacial score (nSPS) is 17.6. The predicted molar refractivity (Wildman–Crippen MR) is 128 cm³/mol. The third-order valence-corrected chi connectivity index (χ3v) is 5.78. The van der Waals surface area contributed by atoms with Gasteiger partial charge in [-0.05, 0) is 69.9 Å². The first kappa shape index (κ1) is 24.6. The van der Waals surface area contributed by atoms with E-state index in [9.17, 15) is 14.7 Å². The first-order chi connectivity index (χ1) is 15.8. The second-order valence-electron chi connectivity index (χ2n) is 8.00. The molecule has 1 atom stereocenters. The van der Waals surface area contributed by atoms with E-state index in [2.05, 4.69) is 0 Å². The lowest BCUT2D eigenvalue weighted by molar-refractivity contribution is -0.139. The van der Waals surface area contributed by atoms with Crippen LogP contribution in [0.25, 0.3) is 5.76 Å². The first-order valence-electron chi connectivity index (χ1n) is 10.8. The molecule has 1 heterocycles. The van der Waals surface area contributed by atoms with Gasteiger partial charge < -0.3 is 24.4 Å². The van der Waals surface area contributed by atoms with Crippen molar-refractivity contribution in [3.8, 4) is 11.5 Å². The molecule has 1 aliphatic rings. The number of aliphatic hydroxyl groups excluding tert-OH is 1. The molecule has 0 radical (unpaired) electrons. The molecular weight excluding hydrogens is 444 g/mol. The van der Waals surface area contributed by atoms with Crippen LogP contribution in [0.5, 0.6) is 11.5 Å². The summed E-state index contributed by atoms with van der Waals surface area (Å²) in [5.41, 5.74) is 1.09. The van der Waals surface area contributed by atoms with E-state index in [1.807, 2.05) is 25.9 Å². The van der Waals surface area contributed by atoms with Crippen LogP contribution in [0.1, 0.15) is 30.5 Å². The van der Waals surface area contributed by atoms with E-state index in [0.717, 1.165) is 6.54 Å². The van der Waals surface area contributed by atoms with E-state index in [4.69, 9.17) is 21.1 Å². The summed E-state index contributed by atoms with van der Waals surface area (Å²) in [6.07, 6.45) is 0.682. The molecule has 7 nitrogen and oxygen atoms in total. The van der Waals surface area contributed by atoms with Crippen molar-refractivity contribution in [1.29, 1.82) is 0 Å². The lowest BCUT2D eigenvalue weighted by Crippen LogP contribution is -2.32. The molecule has 1 saturated heterocycles. The number of methoxy groups -OCH3 is 1. The summed E-state index contributed by atoms with van der Waals surface area (Å²) in [6, 6.07) is 11.2. The zero-order chi connectivity index (χ0) is 24.1. The number of rotatable bonds is 9. The van der Waals surface area contributed by atoms with Gasteiger partial charge in [-0.3, -0.25) is 9.59 Å². The molecule has 2 aromatic carbocycles. The number of ketones is 1. The van der Waals surface area contributed by atoms with Crippen molar-refractivity contribution in [1.82, 2.24) is 9.80 Å². The zero-order valence-electron chi connectivity index (χ0n) is 19.3. The number of aliphatic hydroxyl groups is 1. The molecule has 1 unspecified atom stereocenters. The lowest BCUT2D eigenvalue weighted by Gasteiger charge is -2.26. The molecular formula is C25H29ClN2O5. The summed E-state index contributed by atoms with van der Waals surface area (Å²) in [5.74, 6) is -0.487. The van der Waals surface area contributed by atoms with E-state index >= 15 is 0 Å². The van der Waals surface area contributed by atoms with Crippen molar-refractivity contribution in [3.63, 3.8) is 0 Å². The number of amides is 1. The second kappa shape index (κ2) is 10.7. The Bertz CT molecular complexity index is 1050. The fourth-order valence-corrected chi connectivity index (χ4v) is 4.11. The molecule has 1 aliphatic heterocycles. The van der Waals surface area contributed by atoms with Gasteiger partial charge in [-0.1, -0.05) is 23.7 Å². The summed E-state index contributed by atoms with van der Waals surface area (Å²) < 4.78 is 10.7. The van der Waals surface area contributed by atoms with Gasteiger partial charge in [0, 0.05) is 12.1 Å². The maximum Gasteiger partial charge on any atom is 0.295 e. The molecule has 8 heteroatoms. The maximum atomic E-state index is 13.1. The van der Waals surface area contributed by atoms with Crippen LogP contribution >= 0.6 is 11.6 Å². The Morgan fingerprint density at radius 1 is 1.15 bits per heavy atom. The smallest absolute Gasteiger partial charge is 0.295 e. The quantitative estimate of drug-likeness (QED) is 0.336. The highest BCUT2D eigenvalue weighted by molar-refractivity contribution is 6.46. The molecule has 0 bridgehead atoms. The van der Waals surface area contributed by atoms with Crippen LogP contribution in [0.15, 0.2) is 48.0 Å². The number of nitrogens with zero attached hydrogens (tertiary/aromatic N) is 2. The number of likely N-dealkylation sites (tertiary alicyclic amines) is 1. The van der Waals surface area contributed by atoms with Gasteiger partial charge in [0.2, 0.25) is 0 Å². The minimum Gasteiger partial charge on any atom is -0.507 e. The number of ether oxygens (including phenoxy) is 2. The molecule has 0 saturated carbocycles. The van der Waals surface area contributed by atoms with Gasteiger partial charge in [0.1, 0.15) is 17.3 Å². The molecule has 0 spiro atoms. The average Bonchev–Trinajstić information content (AvgIpc) is 3.05. The molecule has 2 aromatic rings. The van der Waals surface area contributed by atoms with E-state index in [1.165, 1.54) is 11.0 Å². The third kappa shape index (κ3) is 5.31. The third-order valence-electron chi connectivity index (χ3n) is 5.48. The van der Waals surface area contributed by atoms with Gasteiger partial charge in [0.05, 0.1) is 30.4 Å². The van der Waals surface area contributed by atoms with Crippen molar-refractivity contribution in [2.24, 2.45) is 0 Å². The fraction of sp³-hybridized carbons (Fsp3) is 0.360. The van der Waals surface area contributed by atoms with Crippen molar-refractivity contribution in [2.75, 3.05) is 40.9 Å². The van der Waals surface area contributed by atoms with E-state index in [-0.39, 0.29) is 11.3 Å². The van der Waals surface area contributed by atoms with Gasteiger partial charge in [0.15, 0.2) is 0 Å². The van der Waals surface area contributed by atoms with Crippen molar-refractivity contribution < 1.29 is 24.2 Å². The summed E-state index contributed by atoms with van der Waals surface area (Å²) in [4.78, 5) is 29.6. The first-order valence-corrected chi connectivity index (χ1v) is 11.2. The number of carbonyl (C=O) groups is 2. The molecule has 33 heavy (non-hydrogen) atoms. The van der Waals surface area contributed by atoms with Crippen LogP contribution in [0.2, 0.25) is 5.02 Å². The van der Waals surface area contributed by atoms with Crippen molar-refractivity contribution in [3.05, 3.63) is 64.2 Å². The summed E-state index contributed by atoms with van der Waals surface area (Å²) >= 11 is 6.30. The SMILES string of the molecule is CCOc1ccc(/C(O)=C2/C(=O)C(=O)N(CCCN(C)C)C2c2ccc(OC)cc2)cc1Cl.